The van der Waals surface area contributed by atoms with Crippen LogP contribution in [0.15, 0.2) is 36.8 Å². The molecular weight excluding hydrogens is 469 g/mol. The van der Waals surface area contributed by atoms with E-state index in [2.05, 4.69) is 20.3 Å². The predicted octanol–water partition coefficient (Wildman–Crippen LogP) is 2.19. The molecule has 5 heterocycles. The number of carbonyl (C=O) groups excluding carboxylic acids is 3. The molecule has 2 amide bonds. The third-order valence-electron chi connectivity index (χ3n) is 6.60. The molecule has 1 atom stereocenters. The van der Waals surface area contributed by atoms with Crippen molar-refractivity contribution in [3.05, 3.63) is 42.6 Å². The predicted molar refractivity (Wildman–Crippen MR) is 126 cm³/mol. The number of hydrogen-bond acceptors (Lipinski definition) is 9. The molecule has 0 spiro atoms. The molecule has 0 radical (unpaired) electrons. The number of rotatable bonds is 6. The van der Waals surface area contributed by atoms with Gasteiger partial charge in [0.15, 0.2) is 5.82 Å². The third-order valence-corrected chi connectivity index (χ3v) is 6.60. The standard InChI is InChI=1S/C24H26FN7O4/c1-24(2,23(35)36-32-20(33)7-8-21(32)34)30-11-3-4-16(14-30)28-18-9-10-26-22(29-18)17-12-27-19-6-5-15(25)13-31(17)19/h5-6,9-10,12-13,16H,3-4,7-8,11,14H2,1-2H3,(H,26,28,29). The van der Waals surface area contributed by atoms with Crippen molar-refractivity contribution >= 4 is 29.2 Å². The van der Waals surface area contributed by atoms with Gasteiger partial charge in [0.1, 0.15) is 28.5 Å². The first-order valence-corrected chi connectivity index (χ1v) is 11.8. The highest BCUT2D eigenvalue weighted by atomic mass is 19.1. The zero-order valence-corrected chi connectivity index (χ0v) is 20.0. The Balaban J connectivity index is 1.28. The number of nitrogens with zero attached hydrogens (tertiary/aromatic N) is 6. The minimum Gasteiger partial charge on any atom is -0.366 e. The van der Waals surface area contributed by atoms with Crippen LogP contribution in [0.2, 0.25) is 0 Å². The Hall–Kier alpha value is -3.93. The minimum absolute atomic E-state index is 0.0248. The minimum atomic E-state index is -1.05. The molecule has 1 N–H and O–H groups in total. The van der Waals surface area contributed by atoms with Gasteiger partial charge < -0.3 is 10.2 Å². The second kappa shape index (κ2) is 9.26. The monoisotopic (exact) mass is 495 g/mol. The molecule has 2 fully saturated rings. The molecule has 0 saturated carbocycles. The lowest BCUT2D eigenvalue weighted by Gasteiger charge is -2.42. The van der Waals surface area contributed by atoms with Crippen molar-refractivity contribution in [1.82, 2.24) is 29.3 Å². The van der Waals surface area contributed by atoms with Gasteiger partial charge in [0, 0.05) is 37.8 Å². The number of amides is 2. The molecule has 1 unspecified atom stereocenters. The number of anilines is 1. The molecule has 0 aromatic carbocycles. The highest BCUT2D eigenvalue weighted by Crippen LogP contribution is 2.26. The molecule has 188 valence electrons. The maximum Gasteiger partial charge on any atom is 0.352 e. The summed E-state index contributed by atoms with van der Waals surface area (Å²) < 4.78 is 15.4. The van der Waals surface area contributed by atoms with Crippen LogP contribution in [-0.4, -0.2) is 71.8 Å². The van der Waals surface area contributed by atoms with Crippen LogP contribution in [0.4, 0.5) is 10.2 Å². The Kier molecular flexibility index (Phi) is 6.12. The molecule has 2 aliphatic heterocycles. The Labute approximate surface area is 206 Å². The lowest BCUT2D eigenvalue weighted by Crippen LogP contribution is -2.57. The summed E-state index contributed by atoms with van der Waals surface area (Å²) in [6, 6.07) is 4.65. The van der Waals surface area contributed by atoms with Gasteiger partial charge in [0.2, 0.25) is 0 Å². The first-order chi connectivity index (χ1) is 17.2. The lowest BCUT2D eigenvalue weighted by atomic mass is 9.96. The van der Waals surface area contributed by atoms with Crippen molar-refractivity contribution in [2.24, 2.45) is 0 Å². The second-order valence-electron chi connectivity index (χ2n) is 9.43. The van der Waals surface area contributed by atoms with Crippen molar-refractivity contribution in [3.8, 4) is 11.5 Å². The Bertz CT molecular complexity index is 1330. The number of nitrogens with one attached hydrogen (secondary N) is 1. The summed E-state index contributed by atoms with van der Waals surface area (Å²) in [5.74, 6) is -1.07. The fourth-order valence-electron chi connectivity index (χ4n) is 4.48. The summed E-state index contributed by atoms with van der Waals surface area (Å²) in [6.45, 7) is 4.61. The molecule has 36 heavy (non-hydrogen) atoms. The Morgan fingerprint density at radius 1 is 1.17 bits per heavy atom. The normalized spacial score (nSPS) is 19.2. The van der Waals surface area contributed by atoms with Crippen molar-refractivity contribution < 1.29 is 23.6 Å². The van der Waals surface area contributed by atoms with Crippen molar-refractivity contribution in [2.75, 3.05) is 18.4 Å². The van der Waals surface area contributed by atoms with E-state index in [1.165, 1.54) is 12.3 Å². The number of imide groups is 1. The largest absolute Gasteiger partial charge is 0.366 e. The molecule has 2 saturated heterocycles. The summed E-state index contributed by atoms with van der Waals surface area (Å²) in [4.78, 5) is 57.0. The second-order valence-corrected chi connectivity index (χ2v) is 9.43. The van der Waals surface area contributed by atoms with E-state index in [0.717, 1.165) is 12.8 Å². The number of pyridine rings is 1. The number of hydrogen-bond donors (Lipinski definition) is 1. The van der Waals surface area contributed by atoms with Crippen LogP contribution < -0.4 is 5.32 Å². The molecule has 2 aliphatic rings. The van der Waals surface area contributed by atoms with Gasteiger partial charge in [0.25, 0.3) is 11.8 Å². The van der Waals surface area contributed by atoms with E-state index in [-0.39, 0.29) is 18.9 Å². The fourth-order valence-corrected chi connectivity index (χ4v) is 4.48. The highest BCUT2D eigenvalue weighted by molar-refractivity contribution is 6.02. The number of aromatic nitrogens is 4. The Morgan fingerprint density at radius 3 is 2.72 bits per heavy atom. The van der Waals surface area contributed by atoms with Gasteiger partial charge in [-0.25, -0.2) is 24.1 Å². The molecule has 3 aromatic rings. The van der Waals surface area contributed by atoms with E-state index in [0.29, 0.717) is 41.1 Å². The van der Waals surface area contributed by atoms with E-state index < -0.39 is 29.1 Å². The quantitative estimate of drug-likeness (QED) is 0.513. The number of piperidine rings is 1. The summed E-state index contributed by atoms with van der Waals surface area (Å²) >= 11 is 0. The van der Waals surface area contributed by atoms with Crippen molar-refractivity contribution in [2.45, 2.75) is 51.1 Å². The van der Waals surface area contributed by atoms with Crippen LogP contribution in [0.5, 0.6) is 0 Å². The van der Waals surface area contributed by atoms with E-state index in [1.807, 2.05) is 4.90 Å². The summed E-state index contributed by atoms with van der Waals surface area (Å²) in [7, 11) is 0. The number of hydroxylamine groups is 2. The van der Waals surface area contributed by atoms with Crippen LogP contribution >= 0.6 is 0 Å². The van der Waals surface area contributed by atoms with E-state index in [1.54, 1.807) is 42.8 Å². The molecule has 0 bridgehead atoms. The number of likely N-dealkylation sites (tertiary alicyclic amines) is 1. The molecule has 12 heteroatoms. The van der Waals surface area contributed by atoms with Crippen LogP contribution in [0.1, 0.15) is 39.5 Å². The van der Waals surface area contributed by atoms with Gasteiger partial charge in [-0.2, -0.15) is 0 Å². The number of fused-ring (bicyclic) bond motifs is 1. The number of halogens is 1. The summed E-state index contributed by atoms with van der Waals surface area (Å²) in [5, 5.41) is 3.99. The van der Waals surface area contributed by atoms with Crippen LogP contribution in [-0.2, 0) is 19.2 Å². The summed E-state index contributed by atoms with van der Waals surface area (Å²) in [5.41, 5.74) is 0.0945. The topological polar surface area (TPSA) is 122 Å². The maximum atomic E-state index is 13.8. The van der Waals surface area contributed by atoms with Crippen LogP contribution in [0.3, 0.4) is 0 Å². The van der Waals surface area contributed by atoms with Gasteiger partial charge in [0.05, 0.1) is 6.20 Å². The number of carbonyl (C=O) groups is 3. The smallest absolute Gasteiger partial charge is 0.352 e. The number of imidazole rings is 1. The zero-order chi connectivity index (χ0) is 25.4. The van der Waals surface area contributed by atoms with E-state index in [9.17, 15) is 18.8 Å². The SMILES string of the molecule is CC(C)(C(=O)ON1C(=O)CCC1=O)N1CCCC(Nc2ccnc(-c3cnc4ccc(F)cn34)n2)C1. The molecular formula is C24H26FN7O4. The van der Waals surface area contributed by atoms with E-state index in [4.69, 9.17) is 4.84 Å². The molecule has 3 aromatic heterocycles. The lowest BCUT2D eigenvalue weighted by molar-refractivity contribution is -0.205. The van der Waals surface area contributed by atoms with Gasteiger partial charge in [-0.3, -0.25) is 18.9 Å². The molecule has 11 nitrogen and oxygen atoms in total. The van der Waals surface area contributed by atoms with Gasteiger partial charge in [-0.15, -0.1) is 5.06 Å². The summed E-state index contributed by atoms with van der Waals surface area (Å²) in [6.07, 6.45) is 6.33. The molecule has 5 rings (SSSR count). The first kappa shape index (κ1) is 23.8. The van der Waals surface area contributed by atoms with Gasteiger partial charge in [-0.1, -0.05) is 0 Å². The molecule has 0 aliphatic carbocycles. The van der Waals surface area contributed by atoms with Crippen LogP contribution in [0, 0.1) is 5.82 Å². The Morgan fingerprint density at radius 2 is 1.94 bits per heavy atom. The van der Waals surface area contributed by atoms with E-state index >= 15 is 0 Å². The highest BCUT2D eigenvalue weighted by Gasteiger charge is 2.42. The van der Waals surface area contributed by atoms with Gasteiger partial charge in [-0.05, 0) is 51.4 Å². The van der Waals surface area contributed by atoms with Crippen molar-refractivity contribution in [3.63, 3.8) is 0 Å². The average Bonchev–Trinajstić information content (AvgIpc) is 3.42. The van der Waals surface area contributed by atoms with Crippen LogP contribution in [0.25, 0.3) is 17.2 Å². The third kappa shape index (κ3) is 4.51. The zero-order valence-electron chi connectivity index (χ0n) is 20.0. The van der Waals surface area contributed by atoms with Gasteiger partial charge >= 0.3 is 5.97 Å². The average molecular weight is 496 g/mol. The maximum absolute atomic E-state index is 13.8. The van der Waals surface area contributed by atoms with Crippen molar-refractivity contribution in [1.29, 1.82) is 0 Å². The first-order valence-electron chi connectivity index (χ1n) is 11.8. The fraction of sp³-hybridized carbons (Fsp3) is 0.417.